The number of carbonyl (C=O) groups is 2. The van der Waals surface area contributed by atoms with Gasteiger partial charge in [0.15, 0.2) is 17.4 Å². The van der Waals surface area contributed by atoms with Gasteiger partial charge in [0.1, 0.15) is 12.4 Å². The standard InChI is InChI=1S/C30H28FNO6/c1-4-35-25-15-19(12-13-24(25)36-17-18-8-7-9-20(31)14-18)26(22-16-32-23-11-6-5-10-21(22)23)27-28(33)37-30(2,3)38-29(27)34/h5-16,26-27,32H,4,17H2,1-3H3/t26-/m1/s1. The molecule has 38 heavy (non-hydrogen) atoms. The Labute approximate surface area is 219 Å². The fourth-order valence-corrected chi connectivity index (χ4v) is 4.80. The lowest BCUT2D eigenvalue weighted by molar-refractivity contribution is -0.240. The van der Waals surface area contributed by atoms with Gasteiger partial charge in [-0.2, -0.15) is 0 Å². The van der Waals surface area contributed by atoms with E-state index >= 15 is 0 Å². The van der Waals surface area contributed by atoms with Gasteiger partial charge < -0.3 is 23.9 Å². The van der Waals surface area contributed by atoms with Gasteiger partial charge in [-0.3, -0.25) is 9.59 Å². The maximum Gasteiger partial charge on any atom is 0.324 e. The van der Waals surface area contributed by atoms with Crippen molar-refractivity contribution >= 4 is 22.8 Å². The molecule has 8 heteroatoms. The van der Waals surface area contributed by atoms with Gasteiger partial charge in [0, 0.05) is 36.9 Å². The summed E-state index contributed by atoms with van der Waals surface area (Å²) < 4.78 is 36.4. The minimum absolute atomic E-state index is 0.138. The van der Waals surface area contributed by atoms with E-state index in [2.05, 4.69) is 4.98 Å². The number of rotatable bonds is 8. The van der Waals surface area contributed by atoms with Crippen LogP contribution in [0.4, 0.5) is 4.39 Å². The molecule has 0 bridgehead atoms. The first kappa shape index (κ1) is 25.3. The summed E-state index contributed by atoms with van der Waals surface area (Å²) in [6.45, 7) is 5.39. The highest BCUT2D eigenvalue weighted by molar-refractivity contribution is 5.99. The van der Waals surface area contributed by atoms with Crippen LogP contribution in [0.5, 0.6) is 11.5 Å². The lowest BCUT2D eigenvalue weighted by atomic mass is 9.80. The highest BCUT2D eigenvalue weighted by atomic mass is 19.1. The average Bonchev–Trinajstić information content (AvgIpc) is 3.29. The minimum atomic E-state index is -1.35. The maximum atomic E-state index is 13.6. The van der Waals surface area contributed by atoms with E-state index in [1.54, 1.807) is 36.5 Å². The predicted octanol–water partition coefficient (Wildman–Crippen LogP) is 5.87. The number of benzene rings is 3. The Kier molecular flexibility index (Phi) is 6.80. The Morgan fingerprint density at radius 3 is 2.45 bits per heavy atom. The fraction of sp³-hybridized carbons (Fsp3) is 0.267. The normalized spacial score (nSPS) is 16.1. The Morgan fingerprint density at radius 2 is 1.71 bits per heavy atom. The Hall–Kier alpha value is -4.33. The van der Waals surface area contributed by atoms with Crippen LogP contribution >= 0.6 is 0 Å². The lowest BCUT2D eigenvalue weighted by Crippen LogP contribution is -2.48. The summed E-state index contributed by atoms with van der Waals surface area (Å²) in [4.78, 5) is 29.6. The van der Waals surface area contributed by atoms with Crippen molar-refractivity contribution in [3.05, 3.63) is 95.4 Å². The number of para-hydroxylation sites is 1. The summed E-state index contributed by atoms with van der Waals surface area (Å²) in [5, 5.41) is 0.868. The second kappa shape index (κ2) is 10.2. The molecule has 1 atom stereocenters. The van der Waals surface area contributed by atoms with Crippen LogP contribution in [0.3, 0.4) is 0 Å². The van der Waals surface area contributed by atoms with Gasteiger partial charge in [-0.1, -0.05) is 36.4 Å². The number of hydrogen-bond acceptors (Lipinski definition) is 6. The third-order valence-corrected chi connectivity index (χ3v) is 6.40. The molecule has 1 aliphatic heterocycles. The molecule has 196 valence electrons. The maximum absolute atomic E-state index is 13.6. The second-order valence-electron chi connectivity index (χ2n) is 9.54. The van der Waals surface area contributed by atoms with E-state index in [0.717, 1.165) is 16.5 Å². The number of aromatic amines is 1. The highest BCUT2D eigenvalue weighted by Gasteiger charge is 2.48. The number of aromatic nitrogens is 1. The number of H-pyrrole nitrogens is 1. The van der Waals surface area contributed by atoms with Crippen LogP contribution in [0.2, 0.25) is 0 Å². The number of nitrogens with one attached hydrogen (secondary N) is 1. The second-order valence-corrected chi connectivity index (χ2v) is 9.54. The number of ether oxygens (including phenoxy) is 4. The van der Waals surface area contributed by atoms with Crippen molar-refractivity contribution in [1.82, 2.24) is 4.98 Å². The number of carbonyl (C=O) groups excluding carboxylic acids is 2. The molecule has 4 aromatic rings. The molecular weight excluding hydrogens is 489 g/mol. The van der Waals surface area contributed by atoms with Gasteiger partial charge in [0.2, 0.25) is 0 Å². The number of esters is 2. The fourth-order valence-electron chi connectivity index (χ4n) is 4.80. The molecule has 0 aliphatic carbocycles. The lowest BCUT2D eigenvalue weighted by Gasteiger charge is -2.36. The van der Waals surface area contributed by atoms with Crippen LogP contribution in [0.1, 0.15) is 43.4 Å². The number of halogens is 1. The molecule has 2 heterocycles. The van der Waals surface area contributed by atoms with E-state index in [1.165, 1.54) is 26.0 Å². The van der Waals surface area contributed by atoms with E-state index in [1.807, 2.05) is 31.2 Å². The zero-order chi connectivity index (χ0) is 26.9. The van der Waals surface area contributed by atoms with Gasteiger partial charge >= 0.3 is 11.9 Å². The van der Waals surface area contributed by atoms with Crippen LogP contribution in [0.25, 0.3) is 10.9 Å². The number of hydrogen-bond donors (Lipinski definition) is 1. The molecule has 1 aromatic heterocycles. The van der Waals surface area contributed by atoms with E-state index in [-0.39, 0.29) is 12.4 Å². The van der Waals surface area contributed by atoms with Crippen molar-refractivity contribution in [3.63, 3.8) is 0 Å². The van der Waals surface area contributed by atoms with E-state index in [0.29, 0.717) is 29.2 Å². The summed E-state index contributed by atoms with van der Waals surface area (Å²) in [5.74, 6) is -4.08. The van der Waals surface area contributed by atoms with E-state index in [9.17, 15) is 14.0 Å². The van der Waals surface area contributed by atoms with Crippen LogP contribution in [0.15, 0.2) is 72.9 Å². The molecule has 1 aliphatic rings. The SMILES string of the molecule is CCOc1cc([C@H](c2c[nH]c3ccccc23)C2C(=O)OC(C)(C)OC2=O)ccc1OCc1cccc(F)c1. The highest BCUT2D eigenvalue weighted by Crippen LogP contribution is 2.43. The Bertz CT molecular complexity index is 1470. The van der Waals surface area contributed by atoms with Crippen LogP contribution < -0.4 is 9.47 Å². The first-order valence-corrected chi connectivity index (χ1v) is 12.4. The van der Waals surface area contributed by atoms with Gasteiger partial charge in [-0.25, -0.2) is 4.39 Å². The minimum Gasteiger partial charge on any atom is -0.490 e. The number of cyclic esters (lactones) is 2. The van der Waals surface area contributed by atoms with Crippen molar-refractivity contribution in [2.45, 2.75) is 39.1 Å². The van der Waals surface area contributed by atoms with Crippen molar-refractivity contribution in [2.75, 3.05) is 6.61 Å². The molecule has 7 nitrogen and oxygen atoms in total. The summed E-state index contributed by atoms with van der Waals surface area (Å²) in [7, 11) is 0. The summed E-state index contributed by atoms with van der Waals surface area (Å²) in [5.41, 5.74) is 2.93. The quantitative estimate of drug-likeness (QED) is 0.232. The summed E-state index contributed by atoms with van der Waals surface area (Å²) in [6, 6.07) is 19.1. The molecule has 5 rings (SSSR count). The van der Waals surface area contributed by atoms with Gasteiger partial charge in [0.05, 0.1) is 6.61 Å². The number of fused-ring (bicyclic) bond motifs is 1. The van der Waals surface area contributed by atoms with Crippen LogP contribution in [-0.4, -0.2) is 29.3 Å². The monoisotopic (exact) mass is 517 g/mol. The average molecular weight is 518 g/mol. The summed E-state index contributed by atoms with van der Waals surface area (Å²) >= 11 is 0. The van der Waals surface area contributed by atoms with Gasteiger partial charge in [0.25, 0.3) is 5.79 Å². The molecule has 0 unspecified atom stereocenters. The van der Waals surface area contributed by atoms with Gasteiger partial charge in [-0.15, -0.1) is 0 Å². The molecule has 0 saturated carbocycles. The first-order valence-electron chi connectivity index (χ1n) is 12.4. The van der Waals surface area contributed by atoms with Crippen molar-refractivity contribution in [1.29, 1.82) is 0 Å². The van der Waals surface area contributed by atoms with Crippen molar-refractivity contribution in [2.24, 2.45) is 5.92 Å². The molecule has 1 N–H and O–H groups in total. The smallest absolute Gasteiger partial charge is 0.324 e. The molecule has 1 saturated heterocycles. The Morgan fingerprint density at radius 1 is 0.947 bits per heavy atom. The van der Waals surface area contributed by atoms with Crippen LogP contribution in [-0.2, 0) is 25.7 Å². The van der Waals surface area contributed by atoms with Gasteiger partial charge in [-0.05, 0) is 53.9 Å². The predicted molar refractivity (Wildman–Crippen MR) is 138 cm³/mol. The molecule has 0 spiro atoms. The van der Waals surface area contributed by atoms with Crippen LogP contribution in [0, 0.1) is 11.7 Å². The van der Waals surface area contributed by atoms with E-state index in [4.69, 9.17) is 18.9 Å². The molecule has 3 aromatic carbocycles. The third kappa shape index (κ3) is 5.07. The molecule has 0 radical (unpaired) electrons. The zero-order valence-electron chi connectivity index (χ0n) is 21.3. The van der Waals surface area contributed by atoms with Crippen molar-refractivity contribution < 1.29 is 32.9 Å². The molecular formula is C30H28FNO6. The first-order chi connectivity index (χ1) is 18.3. The zero-order valence-corrected chi connectivity index (χ0v) is 21.3. The molecule has 1 fully saturated rings. The topological polar surface area (TPSA) is 86.9 Å². The largest absolute Gasteiger partial charge is 0.490 e. The Balaban J connectivity index is 1.56. The third-order valence-electron chi connectivity index (χ3n) is 6.40. The molecule has 0 amide bonds. The summed E-state index contributed by atoms with van der Waals surface area (Å²) in [6.07, 6.45) is 1.80. The van der Waals surface area contributed by atoms with Crippen molar-refractivity contribution in [3.8, 4) is 11.5 Å². The van der Waals surface area contributed by atoms with E-state index < -0.39 is 29.6 Å².